The van der Waals surface area contributed by atoms with Crippen LogP contribution in [0.15, 0.2) is 97.2 Å². The second-order valence-corrected chi connectivity index (χ2v) is 7.67. The maximum atomic E-state index is 15.6. The maximum Gasteiger partial charge on any atom is 0.406 e. The molecule has 0 aliphatic heterocycles. The number of amides is 1. The van der Waals surface area contributed by atoms with Gasteiger partial charge in [0.2, 0.25) is 0 Å². The standard InChI is InChI=1S/C27H26FN3O2/c1-29-26(32)33-19-11-18-24-20-31(25(28)30-24)27(21-12-5-2-6-13-21,22-14-7-3-8-15-22)23-16-9-4-10-17-23/h2-10,12-17,20H,11,18-19H2,1H3,(H,29,32). The first-order valence-electron chi connectivity index (χ1n) is 10.9. The highest BCUT2D eigenvalue weighted by Crippen LogP contribution is 2.41. The van der Waals surface area contributed by atoms with E-state index in [2.05, 4.69) is 10.3 Å². The Morgan fingerprint density at radius 2 is 1.39 bits per heavy atom. The number of carbonyl (C=O) groups is 1. The van der Waals surface area contributed by atoms with E-state index < -0.39 is 17.7 Å². The Morgan fingerprint density at radius 3 is 1.85 bits per heavy atom. The van der Waals surface area contributed by atoms with Crippen molar-refractivity contribution in [1.82, 2.24) is 14.9 Å². The van der Waals surface area contributed by atoms with Gasteiger partial charge in [0.05, 0.1) is 12.3 Å². The molecule has 33 heavy (non-hydrogen) atoms. The molecule has 0 bridgehead atoms. The summed E-state index contributed by atoms with van der Waals surface area (Å²) in [5.74, 6) is 0. The third-order valence-electron chi connectivity index (χ3n) is 5.66. The lowest BCUT2D eigenvalue weighted by Crippen LogP contribution is -2.38. The maximum absolute atomic E-state index is 15.6. The Bertz CT molecular complexity index is 1080. The predicted octanol–water partition coefficient (Wildman–Crippen LogP) is 5.15. The average molecular weight is 444 g/mol. The van der Waals surface area contributed by atoms with Crippen LogP contribution in [0.1, 0.15) is 28.8 Å². The molecule has 5 nitrogen and oxygen atoms in total. The minimum Gasteiger partial charge on any atom is -0.450 e. The number of nitrogens with zero attached hydrogens (tertiary/aromatic N) is 2. The lowest BCUT2D eigenvalue weighted by molar-refractivity contribution is 0.147. The molecule has 4 aromatic rings. The van der Waals surface area contributed by atoms with E-state index in [0.29, 0.717) is 18.5 Å². The summed E-state index contributed by atoms with van der Waals surface area (Å²) >= 11 is 0. The van der Waals surface area contributed by atoms with Crippen LogP contribution in [-0.2, 0) is 16.7 Å². The van der Waals surface area contributed by atoms with Gasteiger partial charge in [-0.1, -0.05) is 91.0 Å². The number of alkyl carbamates (subject to hydrolysis) is 1. The van der Waals surface area contributed by atoms with Gasteiger partial charge in [-0.05, 0) is 29.5 Å². The SMILES string of the molecule is CNC(=O)OCCCc1cn(C(c2ccccc2)(c2ccccc2)c2ccccc2)c(F)n1. The Morgan fingerprint density at radius 1 is 0.909 bits per heavy atom. The summed E-state index contributed by atoms with van der Waals surface area (Å²) in [4.78, 5) is 15.5. The van der Waals surface area contributed by atoms with Crippen LogP contribution in [0.5, 0.6) is 0 Å². The van der Waals surface area contributed by atoms with Gasteiger partial charge in [0.15, 0.2) is 0 Å². The molecular formula is C27H26FN3O2. The number of hydrogen-bond donors (Lipinski definition) is 1. The molecule has 0 atom stereocenters. The number of hydrogen-bond acceptors (Lipinski definition) is 3. The zero-order valence-corrected chi connectivity index (χ0v) is 18.4. The Hall–Kier alpha value is -3.93. The molecule has 0 fully saturated rings. The number of imidazole rings is 1. The largest absolute Gasteiger partial charge is 0.450 e. The van der Waals surface area contributed by atoms with Gasteiger partial charge in [-0.2, -0.15) is 4.39 Å². The van der Waals surface area contributed by atoms with Gasteiger partial charge in [-0.3, -0.25) is 4.57 Å². The van der Waals surface area contributed by atoms with Crippen molar-refractivity contribution in [3.8, 4) is 0 Å². The fourth-order valence-electron chi connectivity index (χ4n) is 4.20. The molecule has 0 radical (unpaired) electrons. The van der Waals surface area contributed by atoms with Crippen molar-refractivity contribution in [2.24, 2.45) is 0 Å². The van der Waals surface area contributed by atoms with E-state index >= 15 is 4.39 Å². The molecule has 0 unspecified atom stereocenters. The molecule has 168 valence electrons. The third kappa shape index (κ3) is 4.51. The highest BCUT2D eigenvalue weighted by molar-refractivity contribution is 5.66. The van der Waals surface area contributed by atoms with Crippen molar-refractivity contribution in [2.45, 2.75) is 18.4 Å². The number of ether oxygens (including phenoxy) is 1. The number of aromatic nitrogens is 2. The van der Waals surface area contributed by atoms with E-state index in [9.17, 15) is 4.79 Å². The fourth-order valence-corrected chi connectivity index (χ4v) is 4.20. The summed E-state index contributed by atoms with van der Waals surface area (Å²) in [5, 5.41) is 2.41. The lowest BCUT2D eigenvalue weighted by Gasteiger charge is -2.37. The summed E-state index contributed by atoms with van der Waals surface area (Å²) in [7, 11) is 1.51. The van der Waals surface area contributed by atoms with Gasteiger partial charge >= 0.3 is 6.09 Å². The van der Waals surface area contributed by atoms with Crippen LogP contribution in [0.25, 0.3) is 0 Å². The second-order valence-electron chi connectivity index (χ2n) is 7.67. The molecular weight excluding hydrogens is 417 g/mol. The minimum atomic E-state index is -0.947. The molecule has 0 aliphatic carbocycles. The highest BCUT2D eigenvalue weighted by Gasteiger charge is 2.40. The van der Waals surface area contributed by atoms with E-state index in [1.54, 1.807) is 10.8 Å². The van der Waals surface area contributed by atoms with Crippen LogP contribution in [0, 0.1) is 6.08 Å². The van der Waals surface area contributed by atoms with Crippen LogP contribution in [0.4, 0.5) is 9.18 Å². The van der Waals surface area contributed by atoms with E-state index in [1.807, 2.05) is 91.0 Å². The van der Waals surface area contributed by atoms with Crippen LogP contribution >= 0.6 is 0 Å². The molecule has 0 spiro atoms. The van der Waals surface area contributed by atoms with Gasteiger partial charge in [-0.15, -0.1) is 0 Å². The van der Waals surface area contributed by atoms with Crippen LogP contribution < -0.4 is 5.32 Å². The first-order valence-corrected chi connectivity index (χ1v) is 10.9. The lowest BCUT2D eigenvalue weighted by atomic mass is 9.76. The fraction of sp³-hybridized carbons (Fsp3) is 0.185. The highest BCUT2D eigenvalue weighted by atomic mass is 19.1. The van der Waals surface area contributed by atoms with Crippen molar-refractivity contribution in [2.75, 3.05) is 13.7 Å². The molecule has 1 heterocycles. The van der Waals surface area contributed by atoms with E-state index in [-0.39, 0.29) is 6.61 Å². The Kier molecular flexibility index (Phi) is 6.83. The van der Waals surface area contributed by atoms with Crippen molar-refractivity contribution < 1.29 is 13.9 Å². The summed E-state index contributed by atoms with van der Waals surface area (Å²) in [6.45, 7) is 0.231. The van der Waals surface area contributed by atoms with Crippen LogP contribution in [0.2, 0.25) is 0 Å². The van der Waals surface area contributed by atoms with Gasteiger partial charge in [0.25, 0.3) is 6.08 Å². The molecule has 0 aliphatic rings. The van der Waals surface area contributed by atoms with E-state index in [0.717, 1.165) is 16.7 Å². The van der Waals surface area contributed by atoms with Crippen molar-refractivity contribution in [1.29, 1.82) is 0 Å². The number of rotatable bonds is 8. The molecule has 0 saturated carbocycles. The van der Waals surface area contributed by atoms with Gasteiger partial charge in [0.1, 0.15) is 5.54 Å². The van der Waals surface area contributed by atoms with Gasteiger partial charge in [-0.25, -0.2) is 9.78 Å². The second kappa shape index (κ2) is 10.1. The smallest absolute Gasteiger partial charge is 0.406 e. The third-order valence-corrected chi connectivity index (χ3v) is 5.66. The summed E-state index contributed by atoms with van der Waals surface area (Å²) < 4.78 is 22.3. The van der Waals surface area contributed by atoms with E-state index in [4.69, 9.17) is 4.74 Å². The monoisotopic (exact) mass is 443 g/mol. The minimum absolute atomic E-state index is 0.231. The Labute approximate surface area is 192 Å². The van der Waals surface area contributed by atoms with Crippen molar-refractivity contribution >= 4 is 6.09 Å². The summed E-state index contributed by atoms with van der Waals surface area (Å²) in [6, 6.07) is 29.7. The average Bonchev–Trinajstić information content (AvgIpc) is 3.24. The number of carbonyl (C=O) groups excluding carboxylic acids is 1. The molecule has 1 aromatic heterocycles. The quantitative estimate of drug-likeness (QED) is 0.303. The van der Waals surface area contributed by atoms with Crippen molar-refractivity contribution in [3.05, 3.63) is 126 Å². The first kappa shape index (κ1) is 22.3. The molecule has 3 aromatic carbocycles. The summed E-state index contributed by atoms with van der Waals surface area (Å²) in [6.07, 6.45) is 1.73. The number of aryl methyl sites for hydroxylation is 1. The first-order chi connectivity index (χ1) is 16.2. The number of benzene rings is 3. The van der Waals surface area contributed by atoms with Gasteiger partial charge in [0, 0.05) is 13.2 Å². The van der Waals surface area contributed by atoms with Gasteiger partial charge < -0.3 is 10.1 Å². The van der Waals surface area contributed by atoms with Crippen molar-refractivity contribution in [3.63, 3.8) is 0 Å². The topological polar surface area (TPSA) is 56.1 Å². The zero-order chi connectivity index (χ0) is 23.1. The molecule has 1 amide bonds. The molecule has 0 saturated heterocycles. The predicted molar refractivity (Wildman–Crippen MR) is 126 cm³/mol. The summed E-state index contributed by atoms with van der Waals surface area (Å²) in [5.41, 5.74) is 2.42. The van der Waals surface area contributed by atoms with Crippen LogP contribution in [-0.4, -0.2) is 29.3 Å². The molecule has 6 heteroatoms. The number of nitrogens with one attached hydrogen (secondary N) is 1. The zero-order valence-electron chi connectivity index (χ0n) is 18.4. The normalized spacial score (nSPS) is 11.2. The van der Waals surface area contributed by atoms with Crippen LogP contribution in [0.3, 0.4) is 0 Å². The molecule has 4 rings (SSSR count). The molecule has 1 N–H and O–H groups in total. The number of halogens is 1. The van der Waals surface area contributed by atoms with E-state index in [1.165, 1.54) is 7.05 Å². The Balaban J connectivity index is 1.83.